The number of carbonyl (C=O) groups is 1. The zero-order chi connectivity index (χ0) is 25.1. The Balaban J connectivity index is 3.62. The van der Waals surface area contributed by atoms with Crippen molar-refractivity contribution < 1.29 is 15.0 Å². The zero-order valence-corrected chi connectivity index (χ0v) is 22.4. The molecule has 198 valence electrons. The highest BCUT2D eigenvalue weighted by molar-refractivity contribution is 5.76. The summed E-state index contributed by atoms with van der Waals surface area (Å²) in [5, 5.41) is 22.3. The van der Waals surface area contributed by atoms with Crippen molar-refractivity contribution in [3.05, 3.63) is 36.5 Å². The standard InChI is InChI=1S/C30H55NO3/c1-3-5-7-8-9-10-11-12-13-14-15-16-17-18-19-20-21-22-23-24-25-29(33)28(27-32)31-30(34)26-6-4-2/h16-17,20-21,24-25,28-29,32-33H,3-15,18-19,22-23,26-27H2,1-2H3,(H,31,34)/b17-16+,21-20+,25-24+. The van der Waals surface area contributed by atoms with Crippen LogP contribution in [0.1, 0.15) is 129 Å². The second-order valence-electron chi connectivity index (χ2n) is 9.45. The molecule has 4 heteroatoms. The molecule has 0 spiro atoms. The average Bonchev–Trinajstić information content (AvgIpc) is 2.84. The first-order valence-electron chi connectivity index (χ1n) is 14.2. The van der Waals surface area contributed by atoms with Gasteiger partial charge in [0.25, 0.3) is 0 Å². The zero-order valence-electron chi connectivity index (χ0n) is 22.4. The molecule has 0 aromatic carbocycles. The van der Waals surface area contributed by atoms with E-state index >= 15 is 0 Å². The van der Waals surface area contributed by atoms with Gasteiger partial charge in [0.15, 0.2) is 0 Å². The molecule has 0 aliphatic heterocycles. The molecule has 0 bridgehead atoms. The third-order valence-electron chi connectivity index (χ3n) is 6.10. The smallest absolute Gasteiger partial charge is 0.220 e. The summed E-state index contributed by atoms with van der Waals surface area (Å²) in [5.74, 6) is -0.117. The number of nitrogens with one attached hydrogen (secondary N) is 1. The Kier molecular flexibility index (Phi) is 25.1. The van der Waals surface area contributed by atoms with Crippen LogP contribution in [-0.2, 0) is 4.79 Å². The van der Waals surface area contributed by atoms with Crippen LogP contribution in [0, 0.1) is 0 Å². The molecule has 34 heavy (non-hydrogen) atoms. The van der Waals surface area contributed by atoms with Crippen LogP contribution in [0.2, 0.25) is 0 Å². The molecule has 2 unspecified atom stereocenters. The fourth-order valence-corrected chi connectivity index (χ4v) is 3.83. The summed E-state index contributed by atoms with van der Waals surface area (Å²) in [5.41, 5.74) is 0. The second-order valence-corrected chi connectivity index (χ2v) is 9.45. The molecule has 1 amide bonds. The van der Waals surface area contributed by atoms with E-state index in [-0.39, 0.29) is 12.5 Å². The molecule has 0 heterocycles. The van der Waals surface area contributed by atoms with E-state index in [0.29, 0.717) is 6.42 Å². The third-order valence-corrected chi connectivity index (χ3v) is 6.10. The first-order valence-corrected chi connectivity index (χ1v) is 14.2. The van der Waals surface area contributed by atoms with Gasteiger partial charge < -0.3 is 15.5 Å². The highest BCUT2D eigenvalue weighted by Crippen LogP contribution is 2.11. The Morgan fingerprint density at radius 2 is 1.15 bits per heavy atom. The van der Waals surface area contributed by atoms with Gasteiger partial charge in [0.1, 0.15) is 0 Å². The molecule has 0 aliphatic rings. The lowest BCUT2D eigenvalue weighted by Crippen LogP contribution is -2.45. The summed E-state index contributed by atoms with van der Waals surface area (Å²) in [7, 11) is 0. The van der Waals surface area contributed by atoms with Crippen molar-refractivity contribution in [1.29, 1.82) is 0 Å². The Hall–Kier alpha value is -1.39. The Morgan fingerprint density at radius 1 is 0.676 bits per heavy atom. The maximum absolute atomic E-state index is 11.8. The molecule has 0 aromatic heterocycles. The molecule has 0 aliphatic carbocycles. The van der Waals surface area contributed by atoms with E-state index < -0.39 is 12.1 Å². The molecular formula is C30H55NO3. The summed E-state index contributed by atoms with van der Waals surface area (Å²) in [4.78, 5) is 11.8. The number of aliphatic hydroxyl groups excluding tert-OH is 2. The lowest BCUT2D eigenvalue weighted by atomic mass is 10.1. The molecule has 0 aromatic rings. The summed E-state index contributed by atoms with van der Waals surface area (Å²) >= 11 is 0. The number of amides is 1. The normalized spacial score (nSPS) is 13.9. The average molecular weight is 478 g/mol. The van der Waals surface area contributed by atoms with Gasteiger partial charge in [0.05, 0.1) is 18.8 Å². The number of rotatable bonds is 24. The topological polar surface area (TPSA) is 69.6 Å². The maximum atomic E-state index is 11.8. The minimum Gasteiger partial charge on any atom is -0.394 e. The van der Waals surface area contributed by atoms with Crippen LogP contribution in [0.3, 0.4) is 0 Å². The predicted octanol–water partition coefficient (Wildman–Crippen LogP) is 7.55. The number of aliphatic hydroxyl groups is 2. The number of hydrogen-bond donors (Lipinski definition) is 3. The number of hydrogen-bond acceptors (Lipinski definition) is 3. The van der Waals surface area contributed by atoms with Gasteiger partial charge in [-0.15, -0.1) is 0 Å². The van der Waals surface area contributed by atoms with E-state index in [1.807, 2.05) is 13.0 Å². The van der Waals surface area contributed by atoms with Crippen molar-refractivity contribution in [2.45, 2.75) is 142 Å². The Morgan fingerprint density at radius 3 is 1.68 bits per heavy atom. The van der Waals surface area contributed by atoms with Gasteiger partial charge in [-0.25, -0.2) is 0 Å². The minimum atomic E-state index is -0.861. The van der Waals surface area contributed by atoms with Crippen LogP contribution >= 0.6 is 0 Å². The maximum Gasteiger partial charge on any atom is 0.220 e. The highest BCUT2D eigenvalue weighted by Gasteiger charge is 2.17. The largest absolute Gasteiger partial charge is 0.394 e. The Labute approximate surface area is 211 Å². The first kappa shape index (κ1) is 32.6. The fraction of sp³-hybridized carbons (Fsp3) is 0.767. The molecule has 2 atom stereocenters. The van der Waals surface area contributed by atoms with Crippen LogP contribution in [0.5, 0.6) is 0 Å². The SMILES string of the molecule is CCCCCCCCCCCC/C=C/CC/C=C/CC/C=C/C(O)C(CO)NC(=O)CCCC. The van der Waals surface area contributed by atoms with Crippen LogP contribution in [0.4, 0.5) is 0 Å². The van der Waals surface area contributed by atoms with Gasteiger partial charge in [0.2, 0.25) is 5.91 Å². The van der Waals surface area contributed by atoms with Crippen LogP contribution in [0.15, 0.2) is 36.5 Å². The first-order chi connectivity index (χ1) is 16.7. The molecule has 0 rings (SSSR count). The number of unbranched alkanes of at least 4 members (excludes halogenated alkanes) is 13. The lowest BCUT2D eigenvalue weighted by molar-refractivity contribution is -0.123. The van der Waals surface area contributed by atoms with Crippen LogP contribution < -0.4 is 5.32 Å². The minimum absolute atomic E-state index is 0.117. The van der Waals surface area contributed by atoms with E-state index in [1.54, 1.807) is 6.08 Å². The fourth-order valence-electron chi connectivity index (χ4n) is 3.83. The summed E-state index contributed by atoms with van der Waals surface area (Å²) in [6.07, 6.45) is 33.0. The van der Waals surface area contributed by atoms with Gasteiger partial charge in [0, 0.05) is 6.42 Å². The van der Waals surface area contributed by atoms with Gasteiger partial charge >= 0.3 is 0 Å². The number of allylic oxidation sites excluding steroid dienone is 5. The van der Waals surface area contributed by atoms with Gasteiger partial charge in [-0.1, -0.05) is 115 Å². The van der Waals surface area contributed by atoms with E-state index in [1.165, 1.54) is 70.6 Å². The van der Waals surface area contributed by atoms with E-state index in [4.69, 9.17) is 0 Å². The van der Waals surface area contributed by atoms with Crippen molar-refractivity contribution in [2.75, 3.05) is 6.61 Å². The molecule has 4 nitrogen and oxygen atoms in total. The summed E-state index contributed by atoms with van der Waals surface area (Å²) in [6, 6.07) is -0.636. The van der Waals surface area contributed by atoms with Crippen LogP contribution in [-0.4, -0.2) is 34.9 Å². The monoisotopic (exact) mass is 477 g/mol. The summed E-state index contributed by atoms with van der Waals surface area (Å²) in [6.45, 7) is 4.03. The van der Waals surface area contributed by atoms with E-state index in [0.717, 1.165) is 38.5 Å². The van der Waals surface area contributed by atoms with Crippen molar-refractivity contribution in [3.63, 3.8) is 0 Å². The molecule has 3 N–H and O–H groups in total. The molecule has 0 saturated heterocycles. The van der Waals surface area contributed by atoms with Gasteiger partial charge in [-0.3, -0.25) is 4.79 Å². The van der Waals surface area contributed by atoms with Crippen molar-refractivity contribution in [2.24, 2.45) is 0 Å². The lowest BCUT2D eigenvalue weighted by Gasteiger charge is -2.19. The highest BCUT2D eigenvalue weighted by atomic mass is 16.3. The number of carbonyl (C=O) groups excluding carboxylic acids is 1. The van der Waals surface area contributed by atoms with Crippen LogP contribution in [0.25, 0.3) is 0 Å². The molecular weight excluding hydrogens is 422 g/mol. The van der Waals surface area contributed by atoms with Crippen molar-refractivity contribution in [1.82, 2.24) is 5.32 Å². The van der Waals surface area contributed by atoms with Gasteiger partial charge in [-0.05, 0) is 44.9 Å². The summed E-state index contributed by atoms with van der Waals surface area (Å²) < 4.78 is 0. The van der Waals surface area contributed by atoms with Crippen molar-refractivity contribution >= 4 is 5.91 Å². The molecule has 0 fully saturated rings. The van der Waals surface area contributed by atoms with E-state index in [2.05, 4.69) is 36.5 Å². The second kappa shape index (κ2) is 26.2. The van der Waals surface area contributed by atoms with Gasteiger partial charge in [-0.2, -0.15) is 0 Å². The third kappa shape index (κ3) is 22.4. The van der Waals surface area contributed by atoms with E-state index in [9.17, 15) is 15.0 Å². The molecule has 0 saturated carbocycles. The quantitative estimate of drug-likeness (QED) is 0.0992. The predicted molar refractivity (Wildman–Crippen MR) is 147 cm³/mol. The Bertz CT molecular complexity index is 527. The molecule has 0 radical (unpaired) electrons. The van der Waals surface area contributed by atoms with Crippen molar-refractivity contribution in [3.8, 4) is 0 Å².